The number of hydrogen-bond donors (Lipinski definition) is 1. The zero-order chi connectivity index (χ0) is 20.2. The van der Waals surface area contributed by atoms with Crippen molar-refractivity contribution in [1.29, 1.82) is 0 Å². The maximum atomic E-state index is 12.2. The van der Waals surface area contributed by atoms with Gasteiger partial charge in [-0.15, -0.1) is 10.2 Å². The van der Waals surface area contributed by atoms with E-state index in [-0.39, 0.29) is 5.91 Å². The van der Waals surface area contributed by atoms with Crippen molar-refractivity contribution >= 4 is 28.7 Å². The van der Waals surface area contributed by atoms with Crippen LogP contribution < -0.4 is 10.1 Å². The normalized spacial score (nSPS) is 11.2. The number of carbonyl (C=O) groups excluding carboxylic acids is 1. The summed E-state index contributed by atoms with van der Waals surface area (Å²) in [6.45, 7) is 4.48. The second-order valence-electron chi connectivity index (χ2n) is 6.41. The van der Waals surface area contributed by atoms with Crippen LogP contribution in [0.1, 0.15) is 18.2 Å². The van der Waals surface area contributed by atoms with E-state index in [0.717, 1.165) is 22.5 Å². The van der Waals surface area contributed by atoms with Crippen molar-refractivity contribution in [3.05, 3.63) is 72.2 Å². The van der Waals surface area contributed by atoms with Crippen LogP contribution in [0.3, 0.4) is 0 Å². The minimum absolute atomic E-state index is 0.247. The van der Waals surface area contributed by atoms with E-state index in [1.54, 1.807) is 29.3 Å². The number of ether oxygens (including phenoxy) is 1. The van der Waals surface area contributed by atoms with Gasteiger partial charge in [-0.2, -0.15) is 4.80 Å². The van der Waals surface area contributed by atoms with Crippen LogP contribution in [0.15, 0.2) is 65.3 Å². The number of rotatable bonds is 6. The number of carbonyl (C=O) groups is 1. The molecule has 2 aromatic carbocycles. The Morgan fingerprint density at radius 2 is 1.93 bits per heavy atom. The van der Waals surface area contributed by atoms with Gasteiger partial charge in [-0.25, -0.2) is 0 Å². The number of hydrogen-bond acceptors (Lipinski definition) is 5. The first-order chi connectivity index (χ1) is 14.1. The standard InChI is InChI=1S/C22H20N4O3/c1-3-28-18-8-6-16(7-9-18)26-24-20-13-15(2)19(14-21(20)25-26)23-22(27)11-10-17-5-4-12-29-17/h4-14H,3H2,1-2H3,(H,23,27)/b11-10+. The van der Waals surface area contributed by atoms with Crippen LogP contribution in [-0.2, 0) is 4.79 Å². The minimum Gasteiger partial charge on any atom is -0.494 e. The van der Waals surface area contributed by atoms with Gasteiger partial charge >= 0.3 is 0 Å². The lowest BCUT2D eigenvalue weighted by Crippen LogP contribution is -2.08. The molecule has 0 radical (unpaired) electrons. The lowest BCUT2D eigenvalue weighted by atomic mass is 10.1. The highest BCUT2D eigenvalue weighted by Crippen LogP contribution is 2.23. The molecule has 0 aliphatic heterocycles. The van der Waals surface area contributed by atoms with Crippen LogP contribution in [0.4, 0.5) is 5.69 Å². The van der Waals surface area contributed by atoms with Crippen LogP contribution in [0.5, 0.6) is 5.75 Å². The van der Waals surface area contributed by atoms with E-state index in [0.29, 0.717) is 23.6 Å². The maximum absolute atomic E-state index is 12.2. The zero-order valence-electron chi connectivity index (χ0n) is 16.1. The first-order valence-electron chi connectivity index (χ1n) is 9.26. The van der Waals surface area contributed by atoms with Gasteiger partial charge in [0.2, 0.25) is 5.91 Å². The fourth-order valence-electron chi connectivity index (χ4n) is 2.88. The molecule has 0 aliphatic carbocycles. The van der Waals surface area contributed by atoms with Crippen LogP contribution in [0, 0.1) is 6.92 Å². The molecule has 2 aromatic heterocycles. The molecular formula is C22H20N4O3. The summed E-state index contributed by atoms with van der Waals surface area (Å²) in [7, 11) is 0. The molecule has 29 heavy (non-hydrogen) atoms. The molecule has 7 nitrogen and oxygen atoms in total. The topological polar surface area (TPSA) is 82.2 Å². The Kier molecular flexibility index (Phi) is 5.11. The van der Waals surface area contributed by atoms with E-state index in [2.05, 4.69) is 15.5 Å². The van der Waals surface area contributed by atoms with E-state index in [1.807, 2.05) is 50.2 Å². The predicted octanol–water partition coefficient (Wildman–Crippen LogP) is 4.37. The number of nitrogens with zero attached hydrogens (tertiary/aromatic N) is 3. The Labute approximate surface area is 167 Å². The molecule has 0 atom stereocenters. The van der Waals surface area contributed by atoms with E-state index in [1.165, 1.54) is 6.08 Å². The molecule has 0 spiro atoms. The number of aryl methyl sites for hydroxylation is 1. The number of amides is 1. The second-order valence-corrected chi connectivity index (χ2v) is 6.41. The van der Waals surface area contributed by atoms with Crippen molar-refractivity contribution in [3.63, 3.8) is 0 Å². The smallest absolute Gasteiger partial charge is 0.248 e. The molecular weight excluding hydrogens is 368 g/mol. The van der Waals surface area contributed by atoms with E-state index < -0.39 is 0 Å². The van der Waals surface area contributed by atoms with Crippen LogP contribution in [0.25, 0.3) is 22.8 Å². The summed E-state index contributed by atoms with van der Waals surface area (Å²) in [4.78, 5) is 13.8. The van der Waals surface area contributed by atoms with Gasteiger partial charge in [-0.3, -0.25) is 4.79 Å². The molecule has 0 unspecified atom stereocenters. The summed E-state index contributed by atoms with van der Waals surface area (Å²) in [6, 6.07) is 14.8. The summed E-state index contributed by atoms with van der Waals surface area (Å²) in [5.41, 5.74) is 3.85. The first-order valence-corrected chi connectivity index (χ1v) is 9.26. The molecule has 0 saturated heterocycles. The summed E-state index contributed by atoms with van der Waals surface area (Å²) in [5, 5.41) is 11.9. The van der Waals surface area contributed by atoms with Gasteiger partial charge in [-0.1, -0.05) is 0 Å². The molecule has 1 N–H and O–H groups in total. The highest BCUT2D eigenvalue weighted by molar-refractivity contribution is 6.03. The number of benzene rings is 2. The van der Waals surface area contributed by atoms with Gasteiger partial charge in [0.1, 0.15) is 22.5 Å². The fraction of sp³-hybridized carbons (Fsp3) is 0.136. The number of nitrogens with one attached hydrogen (secondary N) is 1. The molecule has 7 heteroatoms. The second kappa shape index (κ2) is 8.02. The van der Waals surface area contributed by atoms with Gasteiger partial charge < -0.3 is 14.5 Å². The van der Waals surface area contributed by atoms with Crippen LogP contribution >= 0.6 is 0 Å². The number of fused-ring (bicyclic) bond motifs is 1. The first kappa shape index (κ1) is 18.5. The predicted molar refractivity (Wildman–Crippen MR) is 111 cm³/mol. The summed E-state index contributed by atoms with van der Waals surface area (Å²) < 4.78 is 10.7. The van der Waals surface area contributed by atoms with E-state index in [9.17, 15) is 4.79 Å². The number of aromatic nitrogens is 3. The Hall–Kier alpha value is -3.87. The molecule has 4 aromatic rings. The quantitative estimate of drug-likeness (QED) is 0.496. The highest BCUT2D eigenvalue weighted by Gasteiger charge is 2.10. The third-order valence-corrected chi connectivity index (χ3v) is 4.31. The third kappa shape index (κ3) is 4.19. The summed E-state index contributed by atoms with van der Waals surface area (Å²) in [5.74, 6) is 1.17. The molecule has 0 bridgehead atoms. The van der Waals surface area contributed by atoms with Crippen molar-refractivity contribution in [1.82, 2.24) is 15.0 Å². The Balaban J connectivity index is 1.55. The Morgan fingerprint density at radius 1 is 1.17 bits per heavy atom. The van der Waals surface area contributed by atoms with Crippen molar-refractivity contribution < 1.29 is 13.9 Å². The molecule has 146 valence electrons. The van der Waals surface area contributed by atoms with Crippen molar-refractivity contribution in [3.8, 4) is 11.4 Å². The molecule has 1 amide bonds. The molecule has 0 fully saturated rings. The van der Waals surface area contributed by atoms with Crippen molar-refractivity contribution in [2.75, 3.05) is 11.9 Å². The van der Waals surface area contributed by atoms with E-state index >= 15 is 0 Å². The minimum atomic E-state index is -0.247. The summed E-state index contributed by atoms with van der Waals surface area (Å²) in [6.07, 6.45) is 4.61. The number of anilines is 1. The molecule has 2 heterocycles. The average molecular weight is 388 g/mol. The third-order valence-electron chi connectivity index (χ3n) is 4.31. The van der Waals surface area contributed by atoms with E-state index in [4.69, 9.17) is 9.15 Å². The fourth-order valence-corrected chi connectivity index (χ4v) is 2.88. The van der Waals surface area contributed by atoms with Gasteiger partial charge in [0.15, 0.2) is 0 Å². The summed E-state index contributed by atoms with van der Waals surface area (Å²) >= 11 is 0. The highest BCUT2D eigenvalue weighted by atomic mass is 16.5. The van der Waals surface area contributed by atoms with Gasteiger partial charge in [0, 0.05) is 11.8 Å². The Bertz CT molecular complexity index is 1160. The van der Waals surface area contributed by atoms with Crippen molar-refractivity contribution in [2.45, 2.75) is 13.8 Å². The molecule has 0 saturated carbocycles. The maximum Gasteiger partial charge on any atom is 0.248 e. The monoisotopic (exact) mass is 388 g/mol. The molecule has 0 aliphatic rings. The van der Waals surface area contributed by atoms with Gasteiger partial charge in [-0.05, 0) is 74.0 Å². The lowest BCUT2D eigenvalue weighted by Gasteiger charge is -2.05. The number of furan rings is 1. The van der Waals surface area contributed by atoms with Crippen molar-refractivity contribution in [2.24, 2.45) is 0 Å². The van der Waals surface area contributed by atoms with Crippen LogP contribution in [0.2, 0.25) is 0 Å². The van der Waals surface area contributed by atoms with Crippen LogP contribution in [-0.4, -0.2) is 27.5 Å². The van der Waals surface area contributed by atoms with Gasteiger partial charge in [0.05, 0.1) is 18.6 Å². The Morgan fingerprint density at radius 3 is 2.62 bits per heavy atom. The van der Waals surface area contributed by atoms with Gasteiger partial charge in [0.25, 0.3) is 0 Å². The SMILES string of the molecule is CCOc1ccc(-n2nc3cc(C)c(NC(=O)/C=C/c4ccco4)cc3n2)cc1. The largest absolute Gasteiger partial charge is 0.494 e. The average Bonchev–Trinajstić information content (AvgIpc) is 3.37. The zero-order valence-corrected chi connectivity index (χ0v) is 16.1. The lowest BCUT2D eigenvalue weighted by molar-refractivity contribution is -0.111. The molecule has 4 rings (SSSR count).